The molecule has 0 heterocycles. The highest BCUT2D eigenvalue weighted by Gasteiger charge is 2.34. The summed E-state index contributed by atoms with van der Waals surface area (Å²) in [6.45, 7) is 13.3. The van der Waals surface area contributed by atoms with Gasteiger partial charge in [-0.05, 0) is 10.8 Å². The van der Waals surface area contributed by atoms with Crippen molar-refractivity contribution in [2.75, 3.05) is 13.2 Å². The molecule has 2 atom stereocenters. The molecule has 2 unspecified atom stereocenters. The number of hydrogen-bond donors (Lipinski definition) is 1. The van der Waals surface area contributed by atoms with Crippen LogP contribution in [0.1, 0.15) is 54.9 Å². The number of carbonyl (C=O) groups is 3. The average Bonchev–Trinajstić information content (AvgIpc) is 2.37. The lowest BCUT2D eigenvalue weighted by molar-refractivity contribution is -0.162. The number of ether oxygens (including phenoxy) is 2. The summed E-state index contributed by atoms with van der Waals surface area (Å²) in [7, 11) is 0. The molecule has 1 N–H and O–H groups in total. The molecule has 0 aliphatic rings. The Kier molecular flexibility index (Phi) is 7.74. The van der Waals surface area contributed by atoms with E-state index in [0.29, 0.717) is 0 Å². The Bertz CT molecular complexity index is 427. The maximum absolute atomic E-state index is 12.0. The lowest BCUT2D eigenvalue weighted by Crippen LogP contribution is -2.33. The summed E-state index contributed by atoms with van der Waals surface area (Å²) >= 11 is 0. The fourth-order valence-corrected chi connectivity index (χ4v) is 1.60. The average molecular weight is 330 g/mol. The molecule has 0 fully saturated rings. The SMILES string of the molecule is CC(C(=O)OCC(C)(C)C)C(CC(=O)OCC(C)(C)C)C(=O)O. The fourth-order valence-electron chi connectivity index (χ4n) is 1.60. The van der Waals surface area contributed by atoms with Crippen molar-refractivity contribution < 1.29 is 29.0 Å². The molecule has 0 rings (SSSR count). The van der Waals surface area contributed by atoms with E-state index >= 15 is 0 Å². The summed E-state index contributed by atoms with van der Waals surface area (Å²) < 4.78 is 10.2. The van der Waals surface area contributed by atoms with Crippen LogP contribution in [0.25, 0.3) is 0 Å². The van der Waals surface area contributed by atoms with Crippen molar-refractivity contribution in [1.82, 2.24) is 0 Å². The van der Waals surface area contributed by atoms with E-state index in [9.17, 15) is 19.5 Å². The van der Waals surface area contributed by atoms with Gasteiger partial charge in [-0.2, -0.15) is 0 Å². The monoisotopic (exact) mass is 330 g/mol. The van der Waals surface area contributed by atoms with Crippen LogP contribution >= 0.6 is 0 Å². The molecule has 0 amide bonds. The first-order valence-electron chi connectivity index (χ1n) is 7.78. The van der Waals surface area contributed by atoms with Crippen molar-refractivity contribution in [2.24, 2.45) is 22.7 Å². The van der Waals surface area contributed by atoms with Gasteiger partial charge in [0.2, 0.25) is 0 Å². The Morgan fingerprint density at radius 2 is 1.35 bits per heavy atom. The number of carboxylic acids is 1. The van der Waals surface area contributed by atoms with E-state index < -0.39 is 29.7 Å². The Labute approximate surface area is 138 Å². The second kappa shape index (κ2) is 8.31. The molecule has 6 heteroatoms. The number of rotatable bonds is 7. The third kappa shape index (κ3) is 9.92. The maximum Gasteiger partial charge on any atom is 0.309 e. The van der Waals surface area contributed by atoms with E-state index in [-0.39, 0.29) is 30.5 Å². The van der Waals surface area contributed by atoms with Crippen molar-refractivity contribution in [2.45, 2.75) is 54.9 Å². The summed E-state index contributed by atoms with van der Waals surface area (Å²) in [5, 5.41) is 9.28. The van der Waals surface area contributed by atoms with Gasteiger partial charge in [-0.1, -0.05) is 48.5 Å². The van der Waals surface area contributed by atoms with Gasteiger partial charge < -0.3 is 14.6 Å². The number of carbonyl (C=O) groups excluding carboxylic acids is 2. The van der Waals surface area contributed by atoms with Gasteiger partial charge in [0.05, 0.1) is 31.5 Å². The van der Waals surface area contributed by atoms with Crippen molar-refractivity contribution in [1.29, 1.82) is 0 Å². The molecule has 0 radical (unpaired) electrons. The van der Waals surface area contributed by atoms with Crippen LogP contribution in [0, 0.1) is 22.7 Å². The second-order valence-electron chi connectivity index (χ2n) is 8.33. The van der Waals surface area contributed by atoms with Crippen LogP contribution < -0.4 is 0 Å². The number of hydrogen-bond acceptors (Lipinski definition) is 5. The number of esters is 2. The normalized spacial score (nSPS) is 14.7. The van der Waals surface area contributed by atoms with E-state index in [1.807, 2.05) is 41.5 Å². The summed E-state index contributed by atoms with van der Waals surface area (Å²) in [5.74, 6) is -4.52. The second-order valence-corrected chi connectivity index (χ2v) is 8.33. The maximum atomic E-state index is 12.0. The standard InChI is InChI=1S/C17H30O6/c1-11(15(21)23-10-17(5,6)7)12(14(19)20)8-13(18)22-9-16(2,3)4/h11-12H,8-10H2,1-7H3,(H,19,20). The van der Waals surface area contributed by atoms with Crippen LogP contribution in [0.5, 0.6) is 0 Å². The van der Waals surface area contributed by atoms with Gasteiger partial charge in [0.15, 0.2) is 0 Å². The van der Waals surface area contributed by atoms with Crippen molar-refractivity contribution in [3.05, 3.63) is 0 Å². The van der Waals surface area contributed by atoms with Gasteiger partial charge in [0.25, 0.3) is 0 Å². The first-order chi connectivity index (χ1) is 10.2. The first-order valence-corrected chi connectivity index (χ1v) is 7.78. The molecular formula is C17H30O6. The third-order valence-corrected chi connectivity index (χ3v) is 2.99. The van der Waals surface area contributed by atoms with Crippen molar-refractivity contribution >= 4 is 17.9 Å². The van der Waals surface area contributed by atoms with Crippen LogP contribution in [0.15, 0.2) is 0 Å². The Balaban J connectivity index is 4.69. The summed E-state index contributed by atoms with van der Waals surface area (Å²) in [4.78, 5) is 35.2. The molecule has 0 saturated heterocycles. The van der Waals surface area contributed by atoms with E-state index in [1.165, 1.54) is 6.92 Å². The minimum atomic E-state index is -1.21. The molecule has 0 aromatic rings. The molecule has 0 saturated carbocycles. The summed E-state index contributed by atoms with van der Waals surface area (Å²) in [6.07, 6.45) is -0.350. The first kappa shape index (κ1) is 21.4. The molecule has 0 aliphatic carbocycles. The van der Waals surface area contributed by atoms with E-state index in [1.54, 1.807) is 0 Å². The lowest BCUT2D eigenvalue weighted by atomic mass is 9.90. The van der Waals surface area contributed by atoms with Gasteiger partial charge in [-0.15, -0.1) is 0 Å². The zero-order chi connectivity index (χ0) is 18.4. The highest BCUT2D eigenvalue weighted by molar-refractivity contribution is 5.84. The van der Waals surface area contributed by atoms with E-state index in [2.05, 4.69) is 0 Å². The van der Waals surface area contributed by atoms with Gasteiger partial charge in [-0.3, -0.25) is 14.4 Å². The smallest absolute Gasteiger partial charge is 0.309 e. The Morgan fingerprint density at radius 1 is 0.913 bits per heavy atom. The summed E-state index contributed by atoms with van der Waals surface area (Å²) in [6, 6.07) is 0. The van der Waals surface area contributed by atoms with Crippen LogP contribution in [0.3, 0.4) is 0 Å². The van der Waals surface area contributed by atoms with Crippen molar-refractivity contribution in [3.63, 3.8) is 0 Å². The van der Waals surface area contributed by atoms with Crippen LogP contribution in [-0.4, -0.2) is 36.2 Å². The minimum Gasteiger partial charge on any atom is -0.481 e. The number of aliphatic carboxylic acids is 1. The lowest BCUT2D eigenvalue weighted by Gasteiger charge is -2.23. The molecule has 0 aliphatic heterocycles. The molecule has 0 bridgehead atoms. The van der Waals surface area contributed by atoms with E-state index in [0.717, 1.165) is 0 Å². The van der Waals surface area contributed by atoms with Gasteiger partial charge in [-0.25, -0.2) is 0 Å². The van der Waals surface area contributed by atoms with Crippen LogP contribution in [0.2, 0.25) is 0 Å². The van der Waals surface area contributed by atoms with Gasteiger partial charge in [0, 0.05) is 0 Å². The number of carboxylic acid groups (broad SMARTS) is 1. The predicted octanol–water partition coefficient (Wildman–Crippen LogP) is 2.89. The zero-order valence-electron chi connectivity index (χ0n) is 15.3. The Morgan fingerprint density at radius 3 is 1.74 bits per heavy atom. The molecule has 23 heavy (non-hydrogen) atoms. The van der Waals surface area contributed by atoms with Crippen molar-refractivity contribution in [3.8, 4) is 0 Å². The molecule has 0 spiro atoms. The molecular weight excluding hydrogens is 300 g/mol. The van der Waals surface area contributed by atoms with Crippen LogP contribution in [-0.2, 0) is 23.9 Å². The molecule has 0 aromatic carbocycles. The fraction of sp³-hybridized carbons (Fsp3) is 0.824. The highest BCUT2D eigenvalue weighted by atomic mass is 16.5. The Hall–Kier alpha value is -1.59. The van der Waals surface area contributed by atoms with Gasteiger partial charge >= 0.3 is 17.9 Å². The quantitative estimate of drug-likeness (QED) is 0.722. The predicted molar refractivity (Wildman–Crippen MR) is 85.7 cm³/mol. The topological polar surface area (TPSA) is 89.9 Å². The molecule has 134 valence electrons. The summed E-state index contributed by atoms with van der Waals surface area (Å²) in [5.41, 5.74) is -0.411. The third-order valence-electron chi connectivity index (χ3n) is 2.99. The molecule has 0 aromatic heterocycles. The molecule has 6 nitrogen and oxygen atoms in total. The van der Waals surface area contributed by atoms with Gasteiger partial charge in [0.1, 0.15) is 0 Å². The van der Waals surface area contributed by atoms with Crippen LogP contribution in [0.4, 0.5) is 0 Å². The highest BCUT2D eigenvalue weighted by Crippen LogP contribution is 2.22. The minimum absolute atomic E-state index is 0.191. The largest absolute Gasteiger partial charge is 0.481 e. The zero-order valence-corrected chi connectivity index (χ0v) is 15.3. The van der Waals surface area contributed by atoms with E-state index in [4.69, 9.17) is 9.47 Å².